The summed E-state index contributed by atoms with van der Waals surface area (Å²) in [6, 6.07) is 6.10. The maximum absolute atomic E-state index is 5.77. The first kappa shape index (κ1) is 16.8. The van der Waals surface area contributed by atoms with Crippen LogP contribution < -0.4 is 15.2 Å². The average Bonchev–Trinajstić information content (AvgIpc) is 2.48. The van der Waals surface area contributed by atoms with Gasteiger partial charge in [0.1, 0.15) is 0 Å². The van der Waals surface area contributed by atoms with E-state index in [0.29, 0.717) is 33.0 Å². The number of rotatable bonds is 11. The van der Waals surface area contributed by atoms with Gasteiger partial charge in [0.2, 0.25) is 0 Å². The molecule has 0 heterocycles. The fourth-order valence-electron chi connectivity index (χ4n) is 1.74. The third-order valence-electron chi connectivity index (χ3n) is 2.73. The summed E-state index contributed by atoms with van der Waals surface area (Å²) in [5.41, 5.74) is 6.58. The van der Waals surface area contributed by atoms with Crippen molar-refractivity contribution in [2.24, 2.45) is 5.73 Å². The Morgan fingerprint density at radius 2 is 1.60 bits per heavy atom. The molecule has 20 heavy (non-hydrogen) atoms. The highest BCUT2D eigenvalue weighted by molar-refractivity contribution is 5.43. The first-order chi connectivity index (χ1) is 9.81. The molecule has 0 unspecified atom stereocenters. The molecular weight excluding hydrogens is 254 g/mol. The minimum absolute atomic E-state index is 0.564. The van der Waals surface area contributed by atoms with Crippen molar-refractivity contribution in [1.29, 1.82) is 0 Å². The van der Waals surface area contributed by atoms with Gasteiger partial charge in [-0.05, 0) is 37.0 Å². The minimum atomic E-state index is 0.564. The number of nitrogens with two attached hydrogens (primary N) is 1. The Kier molecular flexibility index (Phi) is 8.83. The van der Waals surface area contributed by atoms with Crippen LogP contribution in [0, 0.1) is 0 Å². The van der Waals surface area contributed by atoms with Crippen molar-refractivity contribution in [3.63, 3.8) is 0 Å². The van der Waals surface area contributed by atoms with E-state index in [2.05, 4.69) is 19.9 Å². The summed E-state index contributed by atoms with van der Waals surface area (Å²) in [6.45, 7) is 7.45. The molecule has 0 spiro atoms. The lowest BCUT2D eigenvalue weighted by molar-refractivity contribution is 0.144. The Morgan fingerprint density at radius 1 is 0.900 bits per heavy atom. The molecule has 0 fully saturated rings. The van der Waals surface area contributed by atoms with Gasteiger partial charge in [0.25, 0.3) is 0 Å². The van der Waals surface area contributed by atoms with Crippen LogP contribution in [0.2, 0.25) is 0 Å². The summed E-state index contributed by atoms with van der Waals surface area (Å²) in [5, 5.41) is 0. The van der Waals surface area contributed by atoms with Crippen molar-refractivity contribution in [3.05, 3.63) is 23.8 Å². The SMILES string of the molecule is CCCOc1ccc(CCOCCN)cc1OCCC. The van der Waals surface area contributed by atoms with Crippen LogP contribution in [0.1, 0.15) is 32.3 Å². The molecule has 1 aromatic rings. The molecule has 0 aliphatic heterocycles. The summed E-state index contributed by atoms with van der Waals surface area (Å²) in [6.07, 6.45) is 2.83. The standard InChI is InChI=1S/C16H27NO3/c1-3-9-19-15-6-5-14(7-11-18-12-8-17)13-16(15)20-10-4-2/h5-6,13H,3-4,7-12,17H2,1-2H3. The van der Waals surface area contributed by atoms with Crippen LogP contribution in [-0.2, 0) is 11.2 Å². The van der Waals surface area contributed by atoms with Crippen molar-refractivity contribution >= 4 is 0 Å². The van der Waals surface area contributed by atoms with Crippen LogP contribution in [0.4, 0.5) is 0 Å². The second-order valence-corrected chi connectivity index (χ2v) is 4.63. The van der Waals surface area contributed by atoms with E-state index >= 15 is 0 Å². The van der Waals surface area contributed by atoms with Crippen LogP contribution in [-0.4, -0.2) is 33.0 Å². The quantitative estimate of drug-likeness (QED) is 0.634. The van der Waals surface area contributed by atoms with Gasteiger partial charge in [-0.3, -0.25) is 0 Å². The van der Waals surface area contributed by atoms with Crippen molar-refractivity contribution in [3.8, 4) is 11.5 Å². The third-order valence-corrected chi connectivity index (χ3v) is 2.73. The molecule has 1 aromatic carbocycles. The van der Waals surface area contributed by atoms with Crippen LogP contribution in [0.25, 0.3) is 0 Å². The minimum Gasteiger partial charge on any atom is -0.490 e. The lowest BCUT2D eigenvalue weighted by Gasteiger charge is -2.13. The first-order valence-electron chi connectivity index (χ1n) is 7.48. The molecule has 1 rings (SSSR count). The Balaban J connectivity index is 2.62. The maximum Gasteiger partial charge on any atom is 0.161 e. The molecule has 0 bridgehead atoms. The van der Waals surface area contributed by atoms with E-state index in [1.165, 1.54) is 5.56 Å². The summed E-state index contributed by atoms with van der Waals surface area (Å²) < 4.78 is 16.9. The van der Waals surface area contributed by atoms with Gasteiger partial charge in [-0.1, -0.05) is 19.9 Å². The van der Waals surface area contributed by atoms with Gasteiger partial charge in [-0.2, -0.15) is 0 Å². The molecule has 0 saturated heterocycles. The van der Waals surface area contributed by atoms with Gasteiger partial charge in [0, 0.05) is 6.54 Å². The zero-order valence-corrected chi connectivity index (χ0v) is 12.7. The third kappa shape index (κ3) is 6.26. The van der Waals surface area contributed by atoms with Crippen molar-refractivity contribution in [1.82, 2.24) is 0 Å². The lowest BCUT2D eigenvalue weighted by atomic mass is 10.1. The van der Waals surface area contributed by atoms with E-state index in [4.69, 9.17) is 19.9 Å². The molecule has 4 nitrogen and oxygen atoms in total. The second kappa shape index (κ2) is 10.5. The largest absolute Gasteiger partial charge is 0.490 e. The molecular formula is C16H27NO3. The Labute approximate surface area is 122 Å². The average molecular weight is 281 g/mol. The number of hydrogen-bond acceptors (Lipinski definition) is 4. The van der Waals surface area contributed by atoms with Crippen LogP contribution >= 0.6 is 0 Å². The normalized spacial score (nSPS) is 10.6. The van der Waals surface area contributed by atoms with Gasteiger partial charge in [0.05, 0.1) is 26.4 Å². The molecule has 0 atom stereocenters. The predicted molar refractivity (Wildman–Crippen MR) is 81.6 cm³/mol. The molecule has 0 aliphatic rings. The molecule has 0 saturated carbocycles. The van der Waals surface area contributed by atoms with E-state index < -0.39 is 0 Å². The smallest absolute Gasteiger partial charge is 0.161 e. The Bertz CT molecular complexity index is 369. The molecule has 2 N–H and O–H groups in total. The molecule has 114 valence electrons. The van der Waals surface area contributed by atoms with Crippen LogP contribution in [0.15, 0.2) is 18.2 Å². The maximum atomic E-state index is 5.77. The van der Waals surface area contributed by atoms with E-state index in [1.807, 2.05) is 12.1 Å². The summed E-state index contributed by atoms with van der Waals surface area (Å²) >= 11 is 0. The van der Waals surface area contributed by atoms with E-state index in [9.17, 15) is 0 Å². The lowest BCUT2D eigenvalue weighted by Crippen LogP contribution is -2.10. The molecule has 0 aliphatic carbocycles. The van der Waals surface area contributed by atoms with Gasteiger partial charge in [0.15, 0.2) is 11.5 Å². The van der Waals surface area contributed by atoms with E-state index in [0.717, 1.165) is 30.8 Å². The van der Waals surface area contributed by atoms with E-state index in [-0.39, 0.29) is 0 Å². The molecule has 0 aromatic heterocycles. The van der Waals surface area contributed by atoms with Crippen LogP contribution in [0.5, 0.6) is 11.5 Å². The van der Waals surface area contributed by atoms with Gasteiger partial charge in [-0.15, -0.1) is 0 Å². The number of ether oxygens (including phenoxy) is 3. The predicted octanol–water partition coefficient (Wildman–Crippen LogP) is 2.78. The van der Waals surface area contributed by atoms with Gasteiger partial charge in [-0.25, -0.2) is 0 Å². The van der Waals surface area contributed by atoms with Gasteiger partial charge < -0.3 is 19.9 Å². The zero-order valence-electron chi connectivity index (χ0n) is 12.7. The molecule has 0 radical (unpaired) electrons. The molecule has 0 amide bonds. The monoisotopic (exact) mass is 281 g/mol. The van der Waals surface area contributed by atoms with Crippen LogP contribution in [0.3, 0.4) is 0 Å². The van der Waals surface area contributed by atoms with Crippen molar-refractivity contribution in [2.45, 2.75) is 33.1 Å². The van der Waals surface area contributed by atoms with Crippen molar-refractivity contribution < 1.29 is 14.2 Å². The topological polar surface area (TPSA) is 53.7 Å². The fourth-order valence-corrected chi connectivity index (χ4v) is 1.74. The Hall–Kier alpha value is -1.26. The zero-order chi connectivity index (χ0) is 14.6. The highest BCUT2D eigenvalue weighted by atomic mass is 16.5. The first-order valence-corrected chi connectivity index (χ1v) is 7.48. The fraction of sp³-hybridized carbons (Fsp3) is 0.625. The summed E-state index contributed by atoms with van der Waals surface area (Å²) in [7, 11) is 0. The summed E-state index contributed by atoms with van der Waals surface area (Å²) in [5.74, 6) is 1.66. The highest BCUT2D eigenvalue weighted by Gasteiger charge is 2.06. The van der Waals surface area contributed by atoms with Crippen molar-refractivity contribution in [2.75, 3.05) is 33.0 Å². The second-order valence-electron chi connectivity index (χ2n) is 4.63. The number of benzene rings is 1. The molecule has 4 heteroatoms. The highest BCUT2D eigenvalue weighted by Crippen LogP contribution is 2.29. The Morgan fingerprint density at radius 3 is 2.25 bits per heavy atom. The van der Waals surface area contributed by atoms with E-state index in [1.54, 1.807) is 0 Å². The summed E-state index contributed by atoms with van der Waals surface area (Å²) in [4.78, 5) is 0. The van der Waals surface area contributed by atoms with Gasteiger partial charge >= 0.3 is 0 Å². The number of hydrogen-bond donors (Lipinski definition) is 1.